The smallest absolute Gasteiger partial charge is 0.345 e. The standard InChI is InChI=1S/C14H15F3N2O2/c1-2-11-13(21)18-7-12(20)19(11)8-9-3-5-10(6-4-9)14(15,16)17/h3-6,11H,2,7-8H2,1H3,(H,18,21). The summed E-state index contributed by atoms with van der Waals surface area (Å²) in [6.07, 6.45) is -3.93. The number of carbonyl (C=O) groups excluding carboxylic acids is 2. The number of halogens is 3. The fraction of sp³-hybridized carbons (Fsp3) is 0.429. The second kappa shape index (κ2) is 5.75. The Kier molecular flexibility index (Phi) is 4.20. The first-order chi connectivity index (χ1) is 9.82. The molecule has 4 nitrogen and oxygen atoms in total. The summed E-state index contributed by atoms with van der Waals surface area (Å²) < 4.78 is 37.5. The van der Waals surface area contributed by atoms with Crippen LogP contribution in [0.3, 0.4) is 0 Å². The molecule has 0 aromatic heterocycles. The molecule has 0 spiro atoms. The zero-order valence-corrected chi connectivity index (χ0v) is 11.4. The molecule has 0 saturated carbocycles. The van der Waals surface area contributed by atoms with Gasteiger partial charge in [-0.1, -0.05) is 19.1 Å². The Morgan fingerprint density at radius 3 is 2.38 bits per heavy atom. The van der Waals surface area contributed by atoms with Crippen molar-refractivity contribution in [2.24, 2.45) is 0 Å². The minimum atomic E-state index is -4.38. The third kappa shape index (κ3) is 3.34. The molecule has 114 valence electrons. The highest BCUT2D eigenvalue weighted by Gasteiger charge is 2.33. The molecule has 0 radical (unpaired) electrons. The van der Waals surface area contributed by atoms with Gasteiger partial charge in [-0.15, -0.1) is 0 Å². The number of nitrogens with zero attached hydrogens (tertiary/aromatic N) is 1. The minimum absolute atomic E-state index is 0.0734. The summed E-state index contributed by atoms with van der Waals surface area (Å²) in [5.74, 6) is -0.467. The average Bonchev–Trinajstić information content (AvgIpc) is 2.43. The third-order valence-electron chi connectivity index (χ3n) is 3.43. The first-order valence-electron chi connectivity index (χ1n) is 6.56. The molecule has 2 rings (SSSR count). The molecule has 1 saturated heterocycles. The van der Waals surface area contributed by atoms with Gasteiger partial charge in [0.25, 0.3) is 0 Å². The van der Waals surface area contributed by atoms with Gasteiger partial charge in [-0.05, 0) is 24.1 Å². The molecule has 1 atom stereocenters. The van der Waals surface area contributed by atoms with Crippen molar-refractivity contribution in [1.82, 2.24) is 10.2 Å². The molecule has 0 aliphatic carbocycles. The SMILES string of the molecule is CCC1C(=O)NCC(=O)N1Cc1ccc(C(F)(F)F)cc1. The van der Waals surface area contributed by atoms with Gasteiger partial charge in [0.15, 0.2) is 0 Å². The van der Waals surface area contributed by atoms with Gasteiger partial charge < -0.3 is 10.2 Å². The van der Waals surface area contributed by atoms with Gasteiger partial charge in [0, 0.05) is 6.54 Å². The normalized spacial score (nSPS) is 19.6. The molecule has 2 amide bonds. The predicted molar refractivity (Wildman–Crippen MR) is 69.1 cm³/mol. The van der Waals surface area contributed by atoms with E-state index in [4.69, 9.17) is 0 Å². The molecular formula is C14H15F3N2O2. The Bertz CT molecular complexity index is 540. The number of benzene rings is 1. The molecule has 21 heavy (non-hydrogen) atoms. The number of piperazine rings is 1. The van der Waals surface area contributed by atoms with Crippen molar-refractivity contribution in [2.75, 3.05) is 6.54 Å². The van der Waals surface area contributed by atoms with Crippen LogP contribution in [0.25, 0.3) is 0 Å². The molecule has 1 aromatic rings. The van der Waals surface area contributed by atoms with E-state index in [1.165, 1.54) is 17.0 Å². The second-order valence-electron chi connectivity index (χ2n) is 4.86. The molecule has 1 heterocycles. The second-order valence-corrected chi connectivity index (χ2v) is 4.86. The summed E-state index contributed by atoms with van der Waals surface area (Å²) in [4.78, 5) is 25.0. The summed E-state index contributed by atoms with van der Waals surface area (Å²) in [6, 6.07) is 4.04. The fourth-order valence-corrected chi connectivity index (χ4v) is 2.30. The van der Waals surface area contributed by atoms with Crippen LogP contribution in [0, 0.1) is 0 Å². The van der Waals surface area contributed by atoms with Crippen molar-refractivity contribution in [1.29, 1.82) is 0 Å². The monoisotopic (exact) mass is 300 g/mol. The van der Waals surface area contributed by atoms with Gasteiger partial charge in [0.2, 0.25) is 11.8 Å². The lowest BCUT2D eigenvalue weighted by Crippen LogP contribution is -2.57. The zero-order valence-electron chi connectivity index (χ0n) is 11.4. The van der Waals surface area contributed by atoms with Crippen molar-refractivity contribution in [3.05, 3.63) is 35.4 Å². The lowest BCUT2D eigenvalue weighted by atomic mass is 10.1. The van der Waals surface area contributed by atoms with Crippen LogP contribution >= 0.6 is 0 Å². The van der Waals surface area contributed by atoms with Crippen LogP contribution in [0.5, 0.6) is 0 Å². The Morgan fingerprint density at radius 1 is 1.24 bits per heavy atom. The Morgan fingerprint density at radius 2 is 1.86 bits per heavy atom. The molecule has 1 aliphatic heterocycles. The van der Waals surface area contributed by atoms with E-state index in [0.29, 0.717) is 12.0 Å². The number of nitrogens with one attached hydrogen (secondary N) is 1. The van der Waals surface area contributed by atoms with E-state index in [1.54, 1.807) is 6.92 Å². The fourth-order valence-electron chi connectivity index (χ4n) is 2.30. The Labute approximate surface area is 119 Å². The molecule has 1 aromatic carbocycles. The van der Waals surface area contributed by atoms with Crippen molar-refractivity contribution < 1.29 is 22.8 Å². The lowest BCUT2D eigenvalue weighted by molar-refractivity contribution is -0.146. The highest BCUT2D eigenvalue weighted by atomic mass is 19.4. The molecule has 1 unspecified atom stereocenters. The van der Waals surface area contributed by atoms with Gasteiger partial charge in [0.05, 0.1) is 12.1 Å². The van der Waals surface area contributed by atoms with E-state index in [9.17, 15) is 22.8 Å². The van der Waals surface area contributed by atoms with Crippen molar-refractivity contribution >= 4 is 11.8 Å². The lowest BCUT2D eigenvalue weighted by Gasteiger charge is -2.34. The van der Waals surface area contributed by atoms with E-state index in [1.807, 2.05) is 0 Å². The van der Waals surface area contributed by atoms with E-state index in [-0.39, 0.29) is 24.9 Å². The largest absolute Gasteiger partial charge is 0.416 e. The first-order valence-corrected chi connectivity index (χ1v) is 6.56. The highest BCUT2D eigenvalue weighted by Crippen LogP contribution is 2.29. The Hall–Kier alpha value is -2.05. The maximum atomic E-state index is 12.5. The van der Waals surface area contributed by atoms with Crippen LogP contribution in [0.4, 0.5) is 13.2 Å². The number of amides is 2. The maximum absolute atomic E-state index is 12.5. The molecule has 7 heteroatoms. The van der Waals surface area contributed by atoms with Gasteiger partial charge in [0.1, 0.15) is 6.04 Å². The minimum Gasteiger partial charge on any atom is -0.345 e. The van der Waals surface area contributed by atoms with Gasteiger partial charge in [-0.25, -0.2) is 0 Å². The van der Waals surface area contributed by atoms with Crippen LogP contribution in [-0.2, 0) is 22.3 Å². The van der Waals surface area contributed by atoms with Crippen molar-refractivity contribution in [3.63, 3.8) is 0 Å². The van der Waals surface area contributed by atoms with Gasteiger partial charge in [-0.3, -0.25) is 9.59 Å². The van der Waals surface area contributed by atoms with Crippen LogP contribution in [0.15, 0.2) is 24.3 Å². The van der Waals surface area contributed by atoms with Crippen LogP contribution in [0.2, 0.25) is 0 Å². The van der Waals surface area contributed by atoms with Crippen LogP contribution in [0.1, 0.15) is 24.5 Å². The third-order valence-corrected chi connectivity index (χ3v) is 3.43. The average molecular weight is 300 g/mol. The maximum Gasteiger partial charge on any atom is 0.416 e. The summed E-state index contributed by atoms with van der Waals surface area (Å²) in [6.45, 7) is 1.83. The molecule has 1 N–H and O–H groups in total. The topological polar surface area (TPSA) is 49.4 Å². The predicted octanol–water partition coefficient (Wildman–Crippen LogP) is 1.94. The number of hydrogen-bond donors (Lipinski definition) is 1. The van der Waals surface area contributed by atoms with E-state index in [2.05, 4.69) is 5.32 Å². The molecule has 1 aliphatic rings. The molecule has 0 bridgehead atoms. The van der Waals surface area contributed by atoms with Crippen molar-refractivity contribution in [3.8, 4) is 0 Å². The summed E-state index contributed by atoms with van der Waals surface area (Å²) in [5, 5.41) is 2.50. The van der Waals surface area contributed by atoms with Crippen LogP contribution in [-0.4, -0.2) is 29.3 Å². The highest BCUT2D eigenvalue weighted by molar-refractivity contribution is 5.94. The zero-order chi connectivity index (χ0) is 15.6. The van der Waals surface area contributed by atoms with E-state index in [0.717, 1.165) is 12.1 Å². The summed E-state index contributed by atoms with van der Waals surface area (Å²) in [7, 11) is 0. The number of carbonyl (C=O) groups is 2. The van der Waals surface area contributed by atoms with Crippen molar-refractivity contribution in [2.45, 2.75) is 32.1 Å². The van der Waals surface area contributed by atoms with Gasteiger partial charge >= 0.3 is 6.18 Å². The Balaban J connectivity index is 2.16. The molecule has 1 fully saturated rings. The number of alkyl halides is 3. The number of hydrogen-bond acceptors (Lipinski definition) is 2. The summed E-state index contributed by atoms with van der Waals surface area (Å²) >= 11 is 0. The summed E-state index contributed by atoms with van der Waals surface area (Å²) in [5.41, 5.74) is -0.175. The number of rotatable bonds is 3. The molecular weight excluding hydrogens is 285 g/mol. The van der Waals surface area contributed by atoms with Gasteiger partial charge in [-0.2, -0.15) is 13.2 Å². The first kappa shape index (κ1) is 15.3. The quantitative estimate of drug-likeness (QED) is 0.927. The van der Waals surface area contributed by atoms with Crippen LogP contribution < -0.4 is 5.32 Å². The van der Waals surface area contributed by atoms with E-state index >= 15 is 0 Å². The van der Waals surface area contributed by atoms with E-state index < -0.39 is 17.8 Å².